The number of benzene rings is 1. The first-order valence-electron chi connectivity index (χ1n) is 6.63. The Balaban J connectivity index is 2.17. The van der Waals surface area contributed by atoms with Gasteiger partial charge in [-0.1, -0.05) is 56.3 Å². The third kappa shape index (κ3) is 6.96. The van der Waals surface area contributed by atoms with Crippen molar-refractivity contribution in [3.05, 3.63) is 42.0 Å². The SMILES string of the molecule is CC(C)CCC(C)NCC=Cc1ccccc1. The molecule has 0 aliphatic rings. The molecule has 1 unspecified atom stereocenters. The molecular weight excluding hydrogens is 206 g/mol. The molecular formula is C16H25N. The van der Waals surface area contributed by atoms with Crippen LogP contribution in [0.25, 0.3) is 6.08 Å². The Kier molecular flexibility index (Phi) is 6.64. The van der Waals surface area contributed by atoms with E-state index in [4.69, 9.17) is 0 Å². The Morgan fingerprint density at radius 3 is 2.41 bits per heavy atom. The van der Waals surface area contributed by atoms with Gasteiger partial charge in [-0.2, -0.15) is 0 Å². The zero-order valence-electron chi connectivity index (χ0n) is 11.3. The first kappa shape index (κ1) is 14.0. The third-order valence-electron chi connectivity index (χ3n) is 2.87. The molecule has 0 radical (unpaired) electrons. The van der Waals surface area contributed by atoms with Gasteiger partial charge in [0.15, 0.2) is 0 Å². The molecule has 1 aromatic carbocycles. The van der Waals surface area contributed by atoms with Crippen LogP contribution < -0.4 is 5.32 Å². The summed E-state index contributed by atoms with van der Waals surface area (Å²) in [5.74, 6) is 0.805. The predicted molar refractivity (Wildman–Crippen MR) is 77.0 cm³/mol. The molecule has 1 heteroatoms. The summed E-state index contributed by atoms with van der Waals surface area (Å²) in [4.78, 5) is 0. The summed E-state index contributed by atoms with van der Waals surface area (Å²) in [6.45, 7) is 7.77. The Morgan fingerprint density at radius 2 is 1.76 bits per heavy atom. The van der Waals surface area contributed by atoms with Crippen LogP contribution in [0.15, 0.2) is 36.4 Å². The van der Waals surface area contributed by atoms with Crippen LogP contribution in [0.3, 0.4) is 0 Å². The number of hydrogen-bond acceptors (Lipinski definition) is 1. The van der Waals surface area contributed by atoms with Crippen LogP contribution >= 0.6 is 0 Å². The number of nitrogens with one attached hydrogen (secondary N) is 1. The Morgan fingerprint density at radius 1 is 1.06 bits per heavy atom. The molecule has 1 aromatic rings. The van der Waals surface area contributed by atoms with Crippen molar-refractivity contribution in [1.82, 2.24) is 5.32 Å². The molecule has 0 saturated carbocycles. The molecule has 0 saturated heterocycles. The zero-order valence-corrected chi connectivity index (χ0v) is 11.3. The Bertz CT molecular complexity index is 314. The van der Waals surface area contributed by atoms with E-state index in [0.29, 0.717) is 6.04 Å². The monoisotopic (exact) mass is 231 g/mol. The van der Waals surface area contributed by atoms with Gasteiger partial charge < -0.3 is 5.32 Å². The van der Waals surface area contributed by atoms with Gasteiger partial charge in [0.25, 0.3) is 0 Å². The van der Waals surface area contributed by atoms with Gasteiger partial charge in [0.05, 0.1) is 0 Å². The fourth-order valence-corrected chi connectivity index (χ4v) is 1.71. The molecule has 17 heavy (non-hydrogen) atoms. The molecule has 0 heterocycles. The van der Waals surface area contributed by atoms with E-state index in [9.17, 15) is 0 Å². The summed E-state index contributed by atoms with van der Waals surface area (Å²) < 4.78 is 0. The van der Waals surface area contributed by atoms with Crippen molar-refractivity contribution >= 4 is 6.08 Å². The van der Waals surface area contributed by atoms with Gasteiger partial charge in [-0.3, -0.25) is 0 Å². The van der Waals surface area contributed by atoms with Crippen molar-refractivity contribution in [2.45, 2.75) is 39.7 Å². The molecule has 0 aromatic heterocycles. The highest BCUT2D eigenvalue weighted by atomic mass is 14.9. The largest absolute Gasteiger partial charge is 0.311 e. The van der Waals surface area contributed by atoms with Gasteiger partial charge in [-0.25, -0.2) is 0 Å². The van der Waals surface area contributed by atoms with Gasteiger partial charge in [0.1, 0.15) is 0 Å². The molecule has 1 N–H and O–H groups in total. The van der Waals surface area contributed by atoms with E-state index >= 15 is 0 Å². The predicted octanol–water partition coefficient (Wildman–Crippen LogP) is 4.11. The second-order valence-electron chi connectivity index (χ2n) is 5.09. The fourth-order valence-electron chi connectivity index (χ4n) is 1.71. The first-order chi connectivity index (χ1) is 8.18. The van der Waals surface area contributed by atoms with E-state index in [1.54, 1.807) is 0 Å². The molecule has 0 spiro atoms. The third-order valence-corrected chi connectivity index (χ3v) is 2.87. The summed E-state index contributed by atoms with van der Waals surface area (Å²) in [5.41, 5.74) is 1.27. The maximum absolute atomic E-state index is 3.52. The summed E-state index contributed by atoms with van der Waals surface area (Å²) in [7, 11) is 0. The second-order valence-corrected chi connectivity index (χ2v) is 5.09. The zero-order chi connectivity index (χ0) is 12.5. The molecule has 1 nitrogen and oxygen atoms in total. The van der Waals surface area contributed by atoms with Crippen molar-refractivity contribution in [3.63, 3.8) is 0 Å². The van der Waals surface area contributed by atoms with Crippen molar-refractivity contribution in [1.29, 1.82) is 0 Å². The van der Waals surface area contributed by atoms with E-state index in [1.165, 1.54) is 18.4 Å². The molecule has 1 rings (SSSR count). The summed E-state index contributed by atoms with van der Waals surface area (Å²) >= 11 is 0. The average Bonchev–Trinajstić information content (AvgIpc) is 2.33. The van der Waals surface area contributed by atoms with Crippen molar-refractivity contribution in [2.24, 2.45) is 5.92 Å². The molecule has 0 aliphatic carbocycles. The van der Waals surface area contributed by atoms with Crippen LogP contribution in [-0.4, -0.2) is 12.6 Å². The minimum Gasteiger partial charge on any atom is -0.311 e. The smallest absolute Gasteiger partial charge is 0.0140 e. The maximum atomic E-state index is 3.52. The maximum Gasteiger partial charge on any atom is 0.0140 e. The van der Waals surface area contributed by atoms with Crippen molar-refractivity contribution in [3.8, 4) is 0 Å². The van der Waals surface area contributed by atoms with E-state index in [1.807, 2.05) is 6.07 Å². The molecule has 0 aliphatic heterocycles. The van der Waals surface area contributed by atoms with E-state index < -0.39 is 0 Å². The molecule has 0 fully saturated rings. The number of hydrogen-bond donors (Lipinski definition) is 1. The lowest BCUT2D eigenvalue weighted by molar-refractivity contribution is 0.465. The Labute approximate surface area is 106 Å². The Hall–Kier alpha value is -1.08. The van der Waals surface area contributed by atoms with E-state index in [2.05, 4.69) is 62.5 Å². The normalized spacial score (nSPS) is 13.4. The van der Waals surface area contributed by atoms with Crippen LogP contribution in [0.1, 0.15) is 39.2 Å². The van der Waals surface area contributed by atoms with Crippen LogP contribution in [0.2, 0.25) is 0 Å². The average molecular weight is 231 g/mol. The summed E-state index contributed by atoms with van der Waals surface area (Å²) in [6.07, 6.45) is 6.93. The van der Waals surface area contributed by atoms with Crippen LogP contribution in [0.4, 0.5) is 0 Å². The van der Waals surface area contributed by atoms with Gasteiger partial charge in [0.2, 0.25) is 0 Å². The minimum absolute atomic E-state index is 0.609. The topological polar surface area (TPSA) is 12.0 Å². The van der Waals surface area contributed by atoms with Crippen LogP contribution in [0.5, 0.6) is 0 Å². The van der Waals surface area contributed by atoms with Gasteiger partial charge in [-0.05, 0) is 31.2 Å². The highest BCUT2D eigenvalue weighted by Gasteiger charge is 2.01. The lowest BCUT2D eigenvalue weighted by Gasteiger charge is -2.13. The number of rotatable bonds is 7. The molecule has 0 bridgehead atoms. The molecule has 1 atom stereocenters. The highest BCUT2D eigenvalue weighted by Crippen LogP contribution is 2.06. The highest BCUT2D eigenvalue weighted by molar-refractivity contribution is 5.48. The van der Waals surface area contributed by atoms with E-state index in [-0.39, 0.29) is 0 Å². The van der Waals surface area contributed by atoms with Gasteiger partial charge >= 0.3 is 0 Å². The van der Waals surface area contributed by atoms with Crippen LogP contribution in [0, 0.1) is 5.92 Å². The lowest BCUT2D eigenvalue weighted by Crippen LogP contribution is -2.26. The summed E-state index contributed by atoms with van der Waals surface area (Å²) in [6, 6.07) is 11.0. The summed E-state index contributed by atoms with van der Waals surface area (Å²) in [5, 5.41) is 3.52. The van der Waals surface area contributed by atoms with Gasteiger partial charge in [-0.15, -0.1) is 0 Å². The molecule has 0 amide bonds. The first-order valence-corrected chi connectivity index (χ1v) is 6.63. The van der Waals surface area contributed by atoms with Crippen molar-refractivity contribution < 1.29 is 0 Å². The van der Waals surface area contributed by atoms with Crippen LogP contribution in [-0.2, 0) is 0 Å². The fraction of sp³-hybridized carbons (Fsp3) is 0.500. The second kappa shape index (κ2) is 8.08. The van der Waals surface area contributed by atoms with E-state index in [0.717, 1.165) is 12.5 Å². The van der Waals surface area contributed by atoms with Crippen molar-refractivity contribution in [2.75, 3.05) is 6.54 Å². The minimum atomic E-state index is 0.609. The standard InChI is InChI=1S/C16H25N/c1-14(2)11-12-15(3)17-13-7-10-16-8-5-4-6-9-16/h4-10,14-15,17H,11-13H2,1-3H3. The molecule has 94 valence electrons. The van der Waals surface area contributed by atoms with Gasteiger partial charge in [0, 0.05) is 12.6 Å². The quantitative estimate of drug-likeness (QED) is 0.744. The lowest BCUT2D eigenvalue weighted by atomic mass is 10.0.